The van der Waals surface area contributed by atoms with Gasteiger partial charge in [-0.25, -0.2) is 9.37 Å². The van der Waals surface area contributed by atoms with Crippen molar-refractivity contribution in [2.24, 2.45) is 23.7 Å². The lowest BCUT2D eigenvalue weighted by Crippen LogP contribution is -2.54. The molecule has 3 heterocycles. The number of likely N-dealkylation sites (tertiary alicyclic amines) is 1. The Bertz CT molecular complexity index is 1520. The van der Waals surface area contributed by atoms with E-state index in [9.17, 15) is 4.79 Å². The third kappa shape index (κ3) is 7.41. The van der Waals surface area contributed by atoms with E-state index in [-0.39, 0.29) is 17.2 Å². The number of halogens is 1. The molecule has 0 unspecified atom stereocenters. The number of nitrogens with zero attached hydrogens (tertiary/aromatic N) is 5. The Kier molecular flexibility index (Phi) is 10.6. The summed E-state index contributed by atoms with van der Waals surface area (Å²) in [5.74, 6) is 2.78. The number of carbonyl (C=O) groups excluding carboxylic acids is 1. The van der Waals surface area contributed by atoms with Crippen LogP contribution in [0.25, 0.3) is 0 Å². The van der Waals surface area contributed by atoms with Crippen LogP contribution in [0.5, 0.6) is 0 Å². The van der Waals surface area contributed by atoms with E-state index in [0.29, 0.717) is 35.7 Å². The molecule has 1 aliphatic carbocycles. The summed E-state index contributed by atoms with van der Waals surface area (Å²) in [4.78, 5) is 21.5. The van der Waals surface area contributed by atoms with E-state index in [1.165, 1.54) is 25.6 Å². The van der Waals surface area contributed by atoms with Crippen LogP contribution in [0.3, 0.4) is 0 Å². The second-order valence-corrected chi connectivity index (χ2v) is 14.3. The van der Waals surface area contributed by atoms with Gasteiger partial charge in [0.1, 0.15) is 11.6 Å². The van der Waals surface area contributed by atoms with Crippen molar-refractivity contribution in [2.75, 3.05) is 44.7 Å². The molecule has 3 fully saturated rings. The summed E-state index contributed by atoms with van der Waals surface area (Å²) in [7, 11) is 1.46. The smallest absolute Gasteiger partial charge is 0.305 e. The molecular formula is C39H50FN5O2. The fraction of sp³-hybridized carbons (Fsp3) is 0.564. The van der Waals surface area contributed by atoms with Gasteiger partial charge in [-0.3, -0.25) is 4.79 Å². The molecule has 0 amide bonds. The lowest BCUT2D eigenvalue weighted by molar-refractivity contribution is -0.140. The van der Waals surface area contributed by atoms with Crippen LogP contribution in [0.2, 0.25) is 0 Å². The van der Waals surface area contributed by atoms with Gasteiger partial charge in [-0.15, -0.1) is 0 Å². The molecule has 3 aliphatic rings. The molecular weight excluding hydrogens is 589 g/mol. The highest BCUT2D eigenvalue weighted by Crippen LogP contribution is 2.54. The van der Waals surface area contributed by atoms with E-state index in [4.69, 9.17) is 10.00 Å². The van der Waals surface area contributed by atoms with Crippen LogP contribution in [-0.4, -0.2) is 60.3 Å². The minimum absolute atomic E-state index is 0.131. The highest BCUT2D eigenvalue weighted by molar-refractivity contribution is 5.69. The Hall–Kier alpha value is -3.70. The maximum absolute atomic E-state index is 15.1. The Morgan fingerprint density at radius 1 is 1.09 bits per heavy atom. The maximum atomic E-state index is 15.1. The van der Waals surface area contributed by atoms with Crippen LogP contribution >= 0.6 is 0 Å². The van der Waals surface area contributed by atoms with Gasteiger partial charge < -0.3 is 19.1 Å². The molecule has 8 heteroatoms. The number of nitriles is 1. The minimum Gasteiger partial charge on any atom is -0.469 e. The van der Waals surface area contributed by atoms with Crippen LogP contribution in [0, 0.1) is 47.7 Å². The predicted molar refractivity (Wildman–Crippen MR) is 182 cm³/mol. The number of hydrogen-bond donors (Lipinski definition) is 0. The van der Waals surface area contributed by atoms with Crippen molar-refractivity contribution in [3.8, 4) is 6.07 Å². The molecule has 2 aromatic carbocycles. The molecule has 0 spiro atoms. The number of imidazole rings is 1. The molecule has 7 nitrogen and oxygen atoms in total. The Balaban J connectivity index is 1.19. The normalized spacial score (nSPS) is 22.0. The first-order valence-corrected chi connectivity index (χ1v) is 17.7. The standard InChI is InChI=1S/C39H50FN5O2/c1-29-42-19-22-44(29)28-39(34-9-6-10-35(40)23-34,37-11-5-8-32(37)7-3-4-12-38(46)47-2)33-17-20-43(21-18-33)25-31-26-45(27-31)36-15-13-30(24-41)14-16-36/h6,9-10,13-16,19,22-23,31-33,37H,3-5,7-8,11-12,17-18,20-21,25-28H2,1-2H3/t32-,37-,39-/m0/s1. The number of aromatic nitrogens is 2. The summed E-state index contributed by atoms with van der Waals surface area (Å²) in [6, 6.07) is 17.6. The first kappa shape index (κ1) is 33.2. The summed E-state index contributed by atoms with van der Waals surface area (Å²) in [5.41, 5.74) is 2.85. The third-order valence-corrected chi connectivity index (χ3v) is 11.6. The van der Waals surface area contributed by atoms with Crippen molar-refractivity contribution >= 4 is 11.7 Å². The van der Waals surface area contributed by atoms with Gasteiger partial charge in [0.25, 0.3) is 0 Å². The quantitative estimate of drug-likeness (QED) is 0.146. The number of benzene rings is 2. The van der Waals surface area contributed by atoms with Crippen molar-refractivity contribution in [2.45, 2.75) is 76.7 Å². The first-order chi connectivity index (χ1) is 22.9. The number of esters is 1. The summed E-state index contributed by atoms with van der Waals surface area (Å²) in [6.45, 7) is 8.25. The number of aryl methyl sites for hydroxylation is 1. The van der Waals surface area contributed by atoms with Gasteiger partial charge >= 0.3 is 5.97 Å². The van der Waals surface area contributed by atoms with Gasteiger partial charge in [-0.05, 0) is 105 Å². The zero-order valence-corrected chi connectivity index (χ0v) is 28.1. The average molecular weight is 640 g/mol. The van der Waals surface area contributed by atoms with Gasteiger partial charge in [-0.1, -0.05) is 37.8 Å². The molecule has 0 radical (unpaired) electrons. The second-order valence-electron chi connectivity index (χ2n) is 14.3. The summed E-state index contributed by atoms with van der Waals surface area (Å²) in [6.07, 6.45) is 13.2. The number of ether oxygens (including phenoxy) is 1. The van der Waals surface area contributed by atoms with E-state index < -0.39 is 0 Å². The van der Waals surface area contributed by atoms with Crippen LogP contribution in [0.4, 0.5) is 10.1 Å². The van der Waals surface area contributed by atoms with Gasteiger partial charge in [0.05, 0.1) is 18.7 Å². The first-order valence-electron chi connectivity index (χ1n) is 17.7. The molecule has 1 aromatic heterocycles. The molecule has 3 aromatic rings. The van der Waals surface area contributed by atoms with Crippen LogP contribution in [0.1, 0.15) is 74.7 Å². The number of carbonyl (C=O) groups is 1. The number of anilines is 1. The van der Waals surface area contributed by atoms with Gasteiger partial charge in [0.15, 0.2) is 0 Å². The van der Waals surface area contributed by atoms with Crippen molar-refractivity contribution in [3.05, 3.63) is 83.7 Å². The monoisotopic (exact) mass is 639 g/mol. The summed E-state index contributed by atoms with van der Waals surface area (Å²) in [5, 5.41) is 9.12. The predicted octanol–water partition coefficient (Wildman–Crippen LogP) is 7.14. The van der Waals surface area contributed by atoms with Crippen molar-refractivity contribution in [3.63, 3.8) is 0 Å². The van der Waals surface area contributed by atoms with Gasteiger partial charge in [0, 0.05) is 62.0 Å². The Morgan fingerprint density at radius 3 is 2.55 bits per heavy atom. The molecule has 2 aliphatic heterocycles. The fourth-order valence-corrected chi connectivity index (χ4v) is 9.20. The zero-order chi connectivity index (χ0) is 32.8. The van der Waals surface area contributed by atoms with Crippen molar-refractivity contribution in [1.29, 1.82) is 5.26 Å². The van der Waals surface area contributed by atoms with Crippen LogP contribution < -0.4 is 4.90 Å². The fourth-order valence-electron chi connectivity index (χ4n) is 9.20. The molecule has 1 saturated carbocycles. The van der Waals surface area contributed by atoms with Crippen LogP contribution in [0.15, 0.2) is 60.9 Å². The third-order valence-electron chi connectivity index (χ3n) is 11.6. The molecule has 47 heavy (non-hydrogen) atoms. The van der Waals surface area contributed by atoms with E-state index in [1.807, 2.05) is 30.5 Å². The molecule has 250 valence electrons. The Labute approximate surface area is 279 Å². The average Bonchev–Trinajstić information content (AvgIpc) is 3.72. The molecule has 3 atom stereocenters. The number of rotatable bonds is 13. The molecule has 0 bridgehead atoms. The van der Waals surface area contributed by atoms with Crippen molar-refractivity contribution in [1.82, 2.24) is 14.5 Å². The lowest BCUT2D eigenvalue weighted by atomic mass is 9.56. The summed E-state index contributed by atoms with van der Waals surface area (Å²) < 4.78 is 22.3. The van der Waals surface area contributed by atoms with Gasteiger partial charge in [0.2, 0.25) is 0 Å². The Morgan fingerprint density at radius 2 is 1.87 bits per heavy atom. The van der Waals surface area contributed by atoms with Gasteiger partial charge in [-0.2, -0.15) is 5.26 Å². The topological polar surface area (TPSA) is 74.4 Å². The second kappa shape index (κ2) is 15.0. The number of hydrogen-bond acceptors (Lipinski definition) is 6. The molecule has 0 N–H and O–H groups in total. The minimum atomic E-state index is -0.202. The number of unbranched alkanes of at least 4 members (excludes halogenated alkanes) is 1. The lowest BCUT2D eigenvalue weighted by Gasteiger charge is -2.52. The van der Waals surface area contributed by atoms with E-state index >= 15 is 4.39 Å². The SMILES string of the molecule is COC(=O)CCCC[C@H]1CCC[C@@H]1[C@](Cn1ccnc1C)(c1cccc(F)c1)C1CCN(CC2CN(c3ccc(C#N)cc3)C2)CC1. The van der Waals surface area contributed by atoms with Crippen LogP contribution in [-0.2, 0) is 21.5 Å². The number of piperidine rings is 1. The van der Waals surface area contributed by atoms with Crippen molar-refractivity contribution < 1.29 is 13.9 Å². The van der Waals surface area contributed by atoms with E-state index in [0.717, 1.165) is 89.2 Å². The maximum Gasteiger partial charge on any atom is 0.305 e. The summed E-state index contributed by atoms with van der Waals surface area (Å²) >= 11 is 0. The highest BCUT2D eigenvalue weighted by Gasteiger charge is 2.51. The highest BCUT2D eigenvalue weighted by atomic mass is 19.1. The zero-order valence-electron chi connectivity index (χ0n) is 28.1. The van der Waals surface area contributed by atoms with E-state index in [2.05, 4.69) is 56.7 Å². The largest absolute Gasteiger partial charge is 0.469 e. The molecule has 2 saturated heterocycles. The van der Waals surface area contributed by atoms with E-state index in [1.54, 1.807) is 6.07 Å². The number of methoxy groups -OCH3 is 1. The molecule has 6 rings (SSSR count).